The molecule has 0 aliphatic carbocycles. The van der Waals surface area contributed by atoms with Crippen LogP contribution in [-0.2, 0) is 24.4 Å². The number of allylic oxidation sites excluding steroid dienone is 1. The molecule has 1 aliphatic heterocycles. The highest BCUT2D eigenvalue weighted by molar-refractivity contribution is 7.99. The number of ether oxygens (including phenoxy) is 1. The second-order valence-corrected chi connectivity index (χ2v) is 11.3. The highest BCUT2D eigenvalue weighted by Crippen LogP contribution is 2.34. The van der Waals surface area contributed by atoms with Gasteiger partial charge in [-0.25, -0.2) is 16.8 Å². The van der Waals surface area contributed by atoms with Crippen molar-refractivity contribution in [3.8, 4) is 0 Å². The van der Waals surface area contributed by atoms with Crippen LogP contribution in [0.2, 0.25) is 0 Å². The van der Waals surface area contributed by atoms with Gasteiger partial charge in [0.25, 0.3) is 0 Å². The first-order valence-corrected chi connectivity index (χ1v) is 12.0. The third kappa shape index (κ3) is 4.85. The lowest BCUT2D eigenvalue weighted by molar-refractivity contribution is 0.237. The van der Waals surface area contributed by atoms with Crippen LogP contribution in [0.4, 0.5) is 0 Å². The molecule has 0 bridgehead atoms. The van der Waals surface area contributed by atoms with Gasteiger partial charge < -0.3 is 4.74 Å². The van der Waals surface area contributed by atoms with Gasteiger partial charge in [-0.3, -0.25) is 0 Å². The highest BCUT2D eigenvalue weighted by Gasteiger charge is 2.48. The van der Waals surface area contributed by atoms with Crippen molar-refractivity contribution in [3.05, 3.63) is 42.2 Å². The van der Waals surface area contributed by atoms with E-state index in [9.17, 15) is 16.8 Å². The SMILES string of the molecule is CCC1(CCCO/C=C(/C)c2ccccc2)CS(=O)(=O)CCS1(=O)=O. The molecule has 1 aliphatic rings. The molecule has 0 aromatic heterocycles. The number of hydrogen-bond acceptors (Lipinski definition) is 5. The molecule has 140 valence electrons. The summed E-state index contributed by atoms with van der Waals surface area (Å²) in [5.74, 6) is -0.790. The Labute approximate surface area is 150 Å². The second kappa shape index (κ2) is 7.91. The molecule has 1 saturated heterocycles. The van der Waals surface area contributed by atoms with Crippen LogP contribution in [0.25, 0.3) is 5.57 Å². The first-order valence-electron chi connectivity index (χ1n) is 8.48. The summed E-state index contributed by atoms with van der Waals surface area (Å²) in [7, 11) is -6.70. The van der Waals surface area contributed by atoms with Gasteiger partial charge in [-0.1, -0.05) is 37.3 Å². The zero-order valence-electron chi connectivity index (χ0n) is 14.8. The molecule has 0 spiro atoms. The second-order valence-electron chi connectivity index (χ2n) is 6.59. The quantitative estimate of drug-likeness (QED) is 0.532. The Morgan fingerprint density at radius 1 is 1.16 bits per heavy atom. The Morgan fingerprint density at radius 2 is 1.84 bits per heavy atom. The fraction of sp³-hybridized carbons (Fsp3) is 0.556. The molecule has 1 atom stereocenters. The molecule has 2 rings (SSSR count). The van der Waals surface area contributed by atoms with E-state index in [0.29, 0.717) is 25.9 Å². The average molecular weight is 387 g/mol. The van der Waals surface area contributed by atoms with Crippen LogP contribution >= 0.6 is 0 Å². The van der Waals surface area contributed by atoms with Gasteiger partial charge in [-0.2, -0.15) is 0 Å². The van der Waals surface area contributed by atoms with Crippen molar-refractivity contribution < 1.29 is 21.6 Å². The van der Waals surface area contributed by atoms with E-state index in [4.69, 9.17) is 4.74 Å². The van der Waals surface area contributed by atoms with Crippen molar-refractivity contribution in [2.24, 2.45) is 0 Å². The van der Waals surface area contributed by atoms with Crippen molar-refractivity contribution in [2.75, 3.05) is 23.9 Å². The van der Waals surface area contributed by atoms with E-state index in [1.807, 2.05) is 37.3 Å². The van der Waals surface area contributed by atoms with Crippen LogP contribution < -0.4 is 0 Å². The topological polar surface area (TPSA) is 77.5 Å². The van der Waals surface area contributed by atoms with E-state index in [2.05, 4.69) is 0 Å². The maximum Gasteiger partial charge on any atom is 0.157 e. The van der Waals surface area contributed by atoms with Gasteiger partial charge in [0.05, 0.1) is 34.9 Å². The number of hydrogen-bond donors (Lipinski definition) is 0. The number of rotatable bonds is 7. The Hall–Kier alpha value is -1.34. The zero-order chi connectivity index (χ0) is 18.6. The molecule has 5 nitrogen and oxygen atoms in total. The minimum Gasteiger partial charge on any atom is -0.501 e. The Morgan fingerprint density at radius 3 is 2.48 bits per heavy atom. The maximum atomic E-state index is 12.5. The number of benzene rings is 1. The molecule has 1 fully saturated rings. The Bertz CT molecular complexity index is 810. The molecule has 0 saturated carbocycles. The lowest BCUT2D eigenvalue weighted by Gasteiger charge is -2.35. The van der Waals surface area contributed by atoms with Gasteiger partial charge in [0.15, 0.2) is 19.7 Å². The third-order valence-corrected chi connectivity index (χ3v) is 9.79. The summed E-state index contributed by atoms with van der Waals surface area (Å²) < 4.78 is 53.2. The zero-order valence-corrected chi connectivity index (χ0v) is 16.4. The molecule has 25 heavy (non-hydrogen) atoms. The normalized spacial score (nSPS) is 25.4. The van der Waals surface area contributed by atoms with E-state index in [-0.39, 0.29) is 17.3 Å². The highest BCUT2D eigenvalue weighted by atomic mass is 32.2. The molecular formula is C18H26O5S2. The predicted molar refractivity (Wildman–Crippen MR) is 101 cm³/mol. The van der Waals surface area contributed by atoms with E-state index in [0.717, 1.165) is 11.1 Å². The summed E-state index contributed by atoms with van der Waals surface area (Å²) in [6.45, 7) is 4.06. The molecule has 0 radical (unpaired) electrons. The first-order chi connectivity index (χ1) is 11.7. The van der Waals surface area contributed by atoms with Gasteiger partial charge in [0, 0.05) is 0 Å². The van der Waals surface area contributed by atoms with Crippen LogP contribution in [0.5, 0.6) is 0 Å². The summed E-state index contributed by atoms with van der Waals surface area (Å²) in [6.07, 6.45) is 2.79. The van der Waals surface area contributed by atoms with Gasteiger partial charge in [0.2, 0.25) is 0 Å². The molecular weight excluding hydrogens is 360 g/mol. The summed E-state index contributed by atoms with van der Waals surface area (Å²) in [6, 6.07) is 9.82. The minimum absolute atomic E-state index is 0.257. The third-order valence-electron chi connectivity index (χ3n) is 4.83. The Balaban J connectivity index is 1.95. The predicted octanol–water partition coefficient (Wildman–Crippen LogP) is 2.84. The van der Waals surface area contributed by atoms with Crippen molar-refractivity contribution in [2.45, 2.75) is 37.9 Å². The molecule has 0 N–H and O–H groups in total. The lowest BCUT2D eigenvalue weighted by atomic mass is 10.0. The van der Waals surface area contributed by atoms with Crippen LogP contribution in [0.1, 0.15) is 38.7 Å². The smallest absolute Gasteiger partial charge is 0.157 e. The molecule has 1 aromatic carbocycles. The van der Waals surface area contributed by atoms with E-state index in [1.54, 1.807) is 13.2 Å². The summed E-state index contributed by atoms with van der Waals surface area (Å²) in [4.78, 5) is 0. The van der Waals surface area contributed by atoms with Crippen molar-refractivity contribution >= 4 is 25.2 Å². The number of sulfone groups is 2. The molecule has 1 heterocycles. The van der Waals surface area contributed by atoms with Crippen molar-refractivity contribution in [3.63, 3.8) is 0 Å². The molecule has 0 amide bonds. The van der Waals surface area contributed by atoms with Gasteiger partial charge in [-0.05, 0) is 37.3 Å². The largest absolute Gasteiger partial charge is 0.501 e. The average Bonchev–Trinajstić information content (AvgIpc) is 2.58. The van der Waals surface area contributed by atoms with Crippen LogP contribution in [0.15, 0.2) is 36.6 Å². The van der Waals surface area contributed by atoms with E-state index >= 15 is 0 Å². The molecule has 1 aromatic rings. The maximum absolute atomic E-state index is 12.5. The van der Waals surface area contributed by atoms with Crippen molar-refractivity contribution in [1.29, 1.82) is 0 Å². The van der Waals surface area contributed by atoms with Gasteiger partial charge in [-0.15, -0.1) is 0 Å². The monoisotopic (exact) mass is 386 g/mol. The van der Waals surface area contributed by atoms with E-state index < -0.39 is 24.4 Å². The van der Waals surface area contributed by atoms with Crippen LogP contribution in [-0.4, -0.2) is 45.4 Å². The van der Waals surface area contributed by atoms with Crippen LogP contribution in [0, 0.1) is 0 Å². The summed E-state index contributed by atoms with van der Waals surface area (Å²) in [5.41, 5.74) is 2.05. The fourth-order valence-electron chi connectivity index (χ4n) is 3.17. The first kappa shape index (κ1) is 20.0. The Kier molecular flexibility index (Phi) is 6.32. The van der Waals surface area contributed by atoms with E-state index in [1.165, 1.54) is 0 Å². The fourth-order valence-corrected chi connectivity index (χ4v) is 8.95. The summed E-state index contributed by atoms with van der Waals surface area (Å²) >= 11 is 0. The standard InChI is InChI=1S/C18H26O5S2/c1-3-18(15-24(19,20)12-13-25(18,21)22)10-7-11-23-14-16(2)17-8-5-4-6-9-17/h4-6,8-9,14H,3,7,10-13,15H2,1-2H3/b16-14-. The summed E-state index contributed by atoms with van der Waals surface area (Å²) in [5, 5.41) is 0. The molecule has 1 unspecified atom stereocenters. The van der Waals surface area contributed by atoms with Crippen LogP contribution in [0.3, 0.4) is 0 Å². The minimum atomic E-state index is -3.40. The lowest BCUT2D eigenvalue weighted by Crippen LogP contribution is -2.51. The molecule has 7 heteroatoms. The van der Waals surface area contributed by atoms with Gasteiger partial charge >= 0.3 is 0 Å². The van der Waals surface area contributed by atoms with Gasteiger partial charge in [0.1, 0.15) is 0 Å². The van der Waals surface area contributed by atoms with Crippen molar-refractivity contribution in [1.82, 2.24) is 0 Å².